The topological polar surface area (TPSA) is 130 Å². The second-order valence-corrected chi connectivity index (χ2v) is 9.05. The summed E-state index contributed by atoms with van der Waals surface area (Å²) < 4.78 is 28.0. The van der Waals surface area contributed by atoms with Crippen molar-refractivity contribution < 1.29 is 33.0 Å². The molecule has 1 saturated heterocycles. The fourth-order valence-electron chi connectivity index (χ4n) is 3.19. The zero-order chi connectivity index (χ0) is 19.8. The number of fused-ring (bicyclic) bond motifs is 1. The van der Waals surface area contributed by atoms with Crippen LogP contribution in [0.25, 0.3) is 10.8 Å². The highest BCUT2D eigenvalue weighted by molar-refractivity contribution is 7.91. The van der Waals surface area contributed by atoms with Crippen LogP contribution in [0.4, 0.5) is 0 Å². The standard InChI is InChI=1S/C18H19NO7S/c1-18(6-7-27(24,25)10-18)19-15(21)9-26-17(23)13-8-14(20)11-4-2-3-5-12(11)16(13)22/h2-5,8,20,22H,6-7,9-10H2,1H3,(H,19,21)/t18-/m1/s1. The maximum atomic E-state index is 12.2. The number of amides is 1. The number of ether oxygens (including phenoxy) is 1. The van der Waals surface area contributed by atoms with Crippen molar-refractivity contribution in [2.75, 3.05) is 18.1 Å². The van der Waals surface area contributed by atoms with Gasteiger partial charge in [0.25, 0.3) is 5.91 Å². The van der Waals surface area contributed by atoms with E-state index in [-0.39, 0.29) is 40.4 Å². The highest BCUT2D eigenvalue weighted by Gasteiger charge is 2.39. The average Bonchev–Trinajstić information content (AvgIpc) is 2.88. The molecule has 0 saturated carbocycles. The number of hydrogen-bond acceptors (Lipinski definition) is 7. The monoisotopic (exact) mass is 393 g/mol. The molecule has 1 aliphatic heterocycles. The summed E-state index contributed by atoms with van der Waals surface area (Å²) in [5, 5.41) is 23.5. The molecule has 9 heteroatoms. The summed E-state index contributed by atoms with van der Waals surface area (Å²) in [6, 6.07) is 7.51. The van der Waals surface area contributed by atoms with E-state index in [2.05, 4.69) is 5.32 Å². The normalized spacial score (nSPS) is 21.1. The molecule has 0 radical (unpaired) electrons. The number of carbonyl (C=O) groups excluding carboxylic acids is 2. The number of esters is 1. The first-order valence-electron chi connectivity index (χ1n) is 8.22. The molecule has 1 heterocycles. The molecular formula is C18H19NO7S. The average molecular weight is 393 g/mol. The first kappa shape index (κ1) is 19.0. The number of carbonyl (C=O) groups is 2. The van der Waals surface area contributed by atoms with E-state index in [1.54, 1.807) is 25.1 Å². The predicted octanol–water partition coefficient (Wildman–Crippen LogP) is 1.10. The zero-order valence-electron chi connectivity index (χ0n) is 14.6. The van der Waals surface area contributed by atoms with E-state index >= 15 is 0 Å². The van der Waals surface area contributed by atoms with Gasteiger partial charge in [0.2, 0.25) is 0 Å². The SMILES string of the molecule is C[C@@]1(NC(=O)COC(=O)c2cc(O)c3ccccc3c2O)CCS(=O)(=O)C1. The van der Waals surface area contributed by atoms with E-state index in [9.17, 15) is 28.2 Å². The number of phenols is 2. The molecule has 1 aliphatic rings. The lowest BCUT2D eigenvalue weighted by atomic mass is 10.0. The van der Waals surface area contributed by atoms with Crippen LogP contribution in [0.3, 0.4) is 0 Å². The lowest BCUT2D eigenvalue weighted by molar-refractivity contribution is -0.125. The molecule has 0 aromatic heterocycles. The first-order chi connectivity index (χ1) is 12.6. The smallest absolute Gasteiger partial charge is 0.342 e. The van der Waals surface area contributed by atoms with Crippen molar-refractivity contribution in [1.29, 1.82) is 0 Å². The fraction of sp³-hybridized carbons (Fsp3) is 0.333. The van der Waals surface area contributed by atoms with Gasteiger partial charge in [-0.25, -0.2) is 13.2 Å². The molecule has 1 atom stereocenters. The number of phenolic OH excluding ortho intramolecular Hbond substituents is 2. The highest BCUT2D eigenvalue weighted by atomic mass is 32.2. The Morgan fingerprint density at radius 3 is 2.52 bits per heavy atom. The van der Waals surface area contributed by atoms with Crippen LogP contribution in [0.15, 0.2) is 30.3 Å². The Morgan fingerprint density at radius 2 is 1.89 bits per heavy atom. The first-order valence-corrected chi connectivity index (χ1v) is 10.0. The molecule has 2 aromatic carbocycles. The fourth-order valence-corrected chi connectivity index (χ4v) is 5.28. The van der Waals surface area contributed by atoms with Gasteiger partial charge in [0, 0.05) is 10.8 Å². The van der Waals surface area contributed by atoms with Gasteiger partial charge in [-0.05, 0) is 19.4 Å². The van der Waals surface area contributed by atoms with Gasteiger partial charge in [-0.2, -0.15) is 0 Å². The van der Waals surface area contributed by atoms with E-state index < -0.39 is 33.9 Å². The van der Waals surface area contributed by atoms with Gasteiger partial charge in [0.05, 0.1) is 17.0 Å². The van der Waals surface area contributed by atoms with Crippen LogP contribution in [-0.4, -0.2) is 54.2 Å². The van der Waals surface area contributed by atoms with Crippen molar-refractivity contribution in [3.8, 4) is 11.5 Å². The quantitative estimate of drug-likeness (QED) is 0.524. The molecule has 3 N–H and O–H groups in total. The lowest BCUT2D eigenvalue weighted by Crippen LogP contribution is -2.48. The van der Waals surface area contributed by atoms with E-state index in [4.69, 9.17) is 4.74 Å². The van der Waals surface area contributed by atoms with Crippen LogP contribution >= 0.6 is 0 Å². The van der Waals surface area contributed by atoms with Crippen LogP contribution < -0.4 is 5.32 Å². The van der Waals surface area contributed by atoms with Crippen molar-refractivity contribution in [3.63, 3.8) is 0 Å². The predicted molar refractivity (Wildman–Crippen MR) is 97.4 cm³/mol. The molecule has 0 spiro atoms. The summed E-state index contributed by atoms with van der Waals surface area (Å²) in [7, 11) is -3.19. The third-order valence-electron chi connectivity index (χ3n) is 4.49. The second kappa shape index (κ2) is 6.73. The number of benzene rings is 2. The Hall–Kier alpha value is -2.81. The molecule has 2 aromatic rings. The molecule has 27 heavy (non-hydrogen) atoms. The molecule has 144 valence electrons. The minimum absolute atomic E-state index is 0.00614. The van der Waals surface area contributed by atoms with Gasteiger partial charge in [-0.1, -0.05) is 24.3 Å². The van der Waals surface area contributed by atoms with E-state index in [1.165, 1.54) is 6.07 Å². The van der Waals surface area contributed by atoms with E-state index in [0.717, 1.165) is 6.07 Å². The molecule has 8 nitrogen and oxygen atoms in total. The van der Waals surface area contributed by atoms with Crippen molar-refractivity contribution in [3.05, 3.63) is 35.9 Å². The molecule has 0 unspecified atom stereocenters. The summed E-state index contributed by atoms with van der Waals surface area (Å²) in [6.07, 6.45) is 0.286. The summed E-state index contributed by atoms with van der Waals surface area (Å²) in [4.78, 5) is 24.2. The largest absolute Gasteiger partial charge is 0.507 e. The lowest BCUT2D eigenvalue weighted by Gasteiger charge is -2.23. The highest BCUT2D eigenvalue weighted by Crippen LogP contribution is 2.35. The maximum absolute atomic E-state index is 12.2. The maximum Gasteiger partial charge on any atom is 0.342 e. The van der Waals surface area contributed by atoms with Crippen LogP contribution in [0, 0.1) is 0 Å². The number of hydrogen-bond donors (Lipinski definition) is 3. The zero-order valence-corrected chi connectivity index (χ0v) is 15.4. The number of sulfone groups is 1. The van der Waals surface area contributed by atoms with Crippen LogP contribution in [0.2, 0.25) is 0 Å². The van der Waals surface area contributed by atoms with Gasteiger partial charge in [-0.15, -0.1) is 0 Å². The van der Waals surface area contributed by atoms with Crippen LogP contribution in [0.1, 0.15) is 23.7 Å². The Kier molecular flexibility index (Phi) is 4.73. The number of aromatic hydroxyl groups is 2. The van der Waals surface area contributed by atoms with Crippen LogP contribution in [0.5, 0.6) is 11.5 Å². The van der Waals surface area contributed by atoms with Gasteiger partial charge < -0.3 is 20.3 Å². The van der Waals surface area contributed by atoms with Gasteiger partial charge in [0.1, 0.15) is 17.1 Å². The molecule has 0 aliphatic carbocycles. The van der Waals surface area contributed by atoms with Crippen molar-refractivity contribution >= 4 is 32.5 Å². The Bertz CT molecular complexity index is 1030. The minimum atomic E-state index is -3.19. The van der Waals surface area contributed by atoms with E-state index in [1.807, 2.05) is 0 Å². The molecule has 0 bridgehead atoms. The summed E-state index contributed by atoms with van der Waals surface area (Å²) >= 11 is 0. The Balaban J connectivity index is 1.69. The number of rotatable bonds is 4. The third-order valence-corrected chi connectivity index (χ3v) is 6.40. The van der Waals surface area contributed by atoms with Crippen molar-refractivity contribution in [2.24, 2.45) is 0 Å². The third kappa shape index (κ3) is 3.97. The molecule has 1 amide bonds. The second-order valence-electron chi connectivity index (χ2n) is 6.86. The Labute approximate surface area is 155 Å². The Morgan fingerprint density at radius 1 is 1.22 bits per heavy atom. The van der Waals surface area contributed by atoms with Gasteiger partial charge in [-0.3, -0.25) is 4.79 Å². The number of nitrogens with one attached hydrogen (secondary N) is 1. The van der Waals surface area contributed by atoms with E-state index in [0.29, 0.717) is 5.39 Å². The van der Waals surface area contributed by atoms with Gasteiger partial charge >= 0.3 is 5.97 Å². The van der Waals surface area contributed by atoms with Crippen molar-refractivity contribution in [2.45, 2.75) is 18.9 Å². The minimum Gasteiger partial charge on any atom is -0.507 e. The molecular weight excluding hydrogens is 374 g/mol. The van der Waals surface area contributed by atoms with Gasteiger partial charge in [0.15, 0.2) is 16.4 Å². The summed E-state index contributed by atoms with van der Waals surface area (Å²) in [6.45, 7) is 0.978. The molecule has 3 rings (SSSR count). The van der Waals surface area contributed by atoms with Crippen LogP contribution in [-0.2, 0) is 19.4 Å². The van der Waals surface area contributed by atoms with Crippen molar-refractivity contribution in [1.82, 2.24) is 5.32 Å². The molecule has 1 fully saturated rings. The summed E-state index contributed by atoms with van der Waals surface area (Å²) in [5.74, 6) is -2.36. The summed E-state index contributed by atoms with van der Waals surface area (Å²) in [5.41, 5.74) is -1.17.